The molecule has 2 aromatic rings. The molecule has 2 aliphatic rings. The predicted molar refractivity (Wildman–Crippen MR) is 92.9 cm³/mol. The van der Waals surface area contributed by atoms with Crippen LogP contribution in [0.4, 0.5) is 11.4 Å². The van der Waals surface area contributed by atoms with E-state index >= 15 is 0 Å². The summed E-state index contributed by atoms with van der Waals surface area (Å²) in [5, 5.41) is 0.428. The van der Waals surface area contributed by atoms with Crippen molar-refractivity contribution >= 4 is 28.9 Å². The van der Waals surface area contributed by atoms with Crippen LogP contribution in [-0.2, 0) is 0 Å². The summed E-state index contributed by atoms with van der Waals surface area (Å²) in [6, 6.07) is 16.2. The number of halogens is 1. The van der Waals surface area contributed by atoms with Crippen LogP contribution in [0.2, 0.25) is 5.02 Å². The number of likely N-dealkylation sites (tertiary alicyclic amines) is 1. The number of nitrogens with zero attached hydrogens (tertiary/aromatic N) is 2. The van der Waals surface area contributed by atoms with Gasteiger partial charge in [0, 0.05) is 30.5 Å². The van der Waals surface area contributed by atoms with Gasteiger partial charge in [-0.1, -0.05) is 35.9 Å². The number of para-hydroxylation sites is 1. The van der Waals surface area contributed by atoms with Gasteiger partial charge in [0.25, 0.3) is 5.91 Å². The predicted octanol–water partition coefficient (Wildman–Crippen LogP) is 3.03. The van der Waals surface area contributed by atoms with Gasteiger partial charge in [0.15, 0.2) is 0 Å². The first-order chi connectivity index (χ1) is 11.1. The molecule has 1 amide bonds. The zero-order valence-corrected chi connectivity index (χ0v) is 13.4. The monoisotopic (exact) mass is 327 g/mol. The molecule has 0 radical (unpaired) electrons. The number of hydrogen-bond donors (Lipinski definition) is 1. The summed E-state index contributed by atoms with van der Waals surface area (Å²) in [5.74, 6) is -0.0479. The summed E-state index contributed by atoms with van der Waals surface area (Å²) in [7, 11) is 0. The molecular weight excluding hydrogens is 310 g/mol. The standard InChI is InChI=1S/C18H18ClN3O/c19-15-7-4-8-16(20)17(15)18(23)22-11-13-9-14(22)10-21(13)12-5-2-1-3-6-12/h1-8,13-14H,9-11,20H2/t13-,14-/m0/s1. The van der Waals surface area contributed by atoms with E-state index in [1.165, 1.54) is 5.69 Å². The van der Waals surface area contributed by atoms with Crippen molar-refractivity contribution in [1.29, 1.82) is 0 Å². The lowest BCUT2D eigenvalue weighted by molar-refractivity contribution is 0.0727. The number of carbonyl (C=O) groups excluding carboxylic acids is 1. The van der Waals surface area contributed by atoms with Gasteiger partial charge in [-0.3, -0.25) is 4.79 Å². The van der Waals surface area contributed by atoms with Gasteiger partial charge in [0.1, 0.15) is 0 Å². The molecular formula is C18H18ClN3O. The smallest absolute Gasteiger partial charge is 0.257 e. The summed E-state index contributed by atoms with van der Waals surface area (Å²) >= 11 is 6.19. The highest BCUT2D eigenvalue weighted by atomic mass is 35.5. The van der Waals surface area contributed by atoms with Crippen LogP contribution in [0.1, 0.15) is 16.8 Å². The molecule has 0 saturated carbocycles. The Hall–Kier alpha value is -2.20. The lowest BCUT2D eigenvalue weighted by atomic mass is 10.1. The van der Waals surface area contributed by atoms with Crippen LogP contribution in [0.15, 0.2) is 48.5 Å². The van der Waals surface area contributed by atoms with Crippen LogP contribution in [0.3, 0.4) is 0 Å². The Morgan fingerprint density at radius 2 is 1.83 bits per heavy atom. The first kappa shape index (κ1) is 14.4. The molecule has 118 valence electrons. The third kappa shape index (κ3) is 2.34. The molecule has 4 nitrogen and oxygen atoms in total. The number of benzene rings is 2. The highest BCUT2D eigenvalue weighted by Gasteiger charge is 2.45. The molecule has 0 aliphatic carbocycles. The lowest BCUT2D eigenvalue weighted by Gasteiger charge is -2.36. The molecule has 2 saturated heterocycles. The second-order valence-electron chi connectivity index (χ2n) is 6.19. The number of fused-ring (bicyclic) bond motifs is 2. The third-order valence-corrected chi connectivity index (χ3v) is 5.16. The van der Waals surface area contributed by atoms with Crippen LogP contribution in [0.25, 0.3) is 0 Å². The molecule has 23 heavy (non-hydrogen) atoms. The fourth-order valence-electron chi connectivity index (χ4n) is 3.76. The number of carbonyl (C=O) groups is 1. The first-order valence-electron chi connectivity index (χ1n) is 7.82. The van der Waals surface area contributed by atoms with Crippen molar-refractivity contribution in [2.24, 2.45) is 0 Å². The Kier molecular flexibility index (Phi) is 3.42. The van der Waals surface area contributed by atoms with E-state index in [9.17, 15) is 4.79 Å². The zero-order chi connectivity index (χ0) is 16.0. The summed E-state index contributed by atoms with van der Waals surface area (Å²) in [4.78, 5) is 17.2. The Morgan fingerprint density at radius 1 is 1.04 bits per heavy atom. The summed E-state index contributed by atoms with van der Waals surface area (Å²) in [6.45, 7) is 1.59. The zero-order valence-electron chi connectivity index (χ0n) is 12.7. The molecule has 0 aromatic heterocycles. The van der Waals surface area contributed by atoms with Crippen LogP contribution in [0.5, 0.6) is 0 Å². The maximum atomic E-state index is 12.9. The maximum Gasteiger partial charge on any atom is 0.257 e. The SMILES string of the molecule is Nc1cccc(Cl)c1C(=O)N1C[C@@H]2C[C@H]1CN2c1ccccc1. The minimum absolute atomic E-state index is 0.0479. The second-order valence-corrected chi connectivity index (χ2v) is 6.60. The maximum absolute atomic E-state index is 12.9. The molecule has 2 N–H and O–H groups in total. The van der Waals surface area contributed by atoms with Crippen LogP contribution >= 0.6 is 11.6 Å². The molecule has 2 bridgehead atoms. The van der Waals surface area contributed by atoms with Gasteiger partial charge >= 0.3 is 0 Å². The van der Waals surface area contributed by atoms with Crippen LogP contribution in [-0.4, -0.2) is 36.0 Å². The molecule has 4 rings (SSSR count). The molecule has 2 aliphatic heterocycles. The topological polar surface area (TPSA) is 49.6 Å². The third-order valence-electron chi connectivity index (χ3n) is 4.85. The van der Waals surface area contributed by atoms with E-state index in [0.29, 0.717) is 22.3 Å². The van der Waals surface area contributed by atoms with E-state index in [1.807, 2.05) is 11.0 Å². The highest BCUT2D eigenvalue weighted by molar-refractivity contribution is 6.34. The van der Waals surface area contributed by atoms with E-state index in [1.54, 1.807) is 18.2 Å². The van der Waals surface area contributed by atoms with Gasteiger partial charge < -0.3 is 15.5 Å². The van der Waals surface area contributed by atoms with Gasteiger partial charge in [0.2, 0.25) is 0 Å². The molecule has 0 unspecified atom stereocenters. The van der Waals surface area contributed by atoms with Crippen molar-refractivity contribution in [3.63, 3.8) is 0 Å². The Balaban J connectivity index is 1.56. The first-order valence-corrected chi connectivity index (χ1v) is 8.19. The van der Waals surface area contributed by atoms with Gasteiger partial charge in [-0.05, 0) is 30.7 Å². The van der Waals surface area contributed by atoms with Gasteiger partial charge in [-0.25, -0.2) is 0 Å². The molecule has 0 spiro atoms. The summed E-state index contributed by atoms with van der Waals surface area (Å²) < 4.78 is 0. The quantitative estimate of drug-likeness (QED) is 0.863. The number of piperazine rings is 1. The second kappa shape index (κ2) is 5.46. The number of hydrogen-bond acceptors (Lipinski definition) is 3. The van der Waals surface area contributed by atoms with E-state index in [0.717, 1.165) is 19.5 Å². The summed E-state index contributed by atoms with van der Waals surface area (Å²) in [6.07, 6.45) is 1.00. The Labute approximate surface area is 140 Å². The Morgan fingerprint density at radius 3 is 2.48 bits per heavy atom. The fraction of sp³-hybridized carbons (Fsp3) is 0.278. The van der Waals surface area contributed by atoms with Crippen LogP contribution < -0.4 is 10.6 Å². The van der Waals surface area contributed by atoms with Crippen LogP contribution in [0, 0.1) is 0 Å². The molecule has 2 fully saturated rings. The van der Waals surface area contributed by atoms with E-state index in [-0.39, 0.29) is 11.9 Å². The number of amides is 1. The van der Waals surface area contributed by atoms with Crippen molar-refractivity contribution in [1.82, 2.24) is 4.90 Å². The van der Waals surface area contributed by atoms with Crippen molar-refractivity contribution in [2.75, 3.05) is 23.7 Å². The number of nitrogen functional groups attached to an aromatic ring is 1. The average Bonchev–Trinajstić information content (AvgIpc) is 3.16. The highest BCUT2D eigenvalue weighted by Crippen LogP contribution is 2.36. The minimum Gasteiger partial charge on any atom is -0.398 e. The summed E-state index contributed by atoms with van der Waals surface area (Å²) in [5.41, 5.74) is 8.08. The molecule has 2 aromatic carbocycles. The number of anilines is 2. The van der Waals surface area contributed by atoms with Gasteiger partial charge in [-0.2, -0.15) is 0 Å². The average molecular weight is 328 g/mol. The molecule has 2 heterocycles. The Bertz CT molecular complexity index is 729. The normalized spacial score (nSPS) is 22.7. The largest absolute Gasteiger partial charge is 0.398 e. The lowest BCUT2D eigenvalue weighted by Crippen LogP contribution is -2.49. The number of nitrogens with two attached hydrogens (primary N) is 1. The van der Waals surface area contributed by atoms with Gasteiger partial charge in [0.05, 0.1) is 16.6 Å². The number of rotatable bonds is 2. The van der Waals surface area contributed by atoms with Crippen molar-refractivity contribution in [2.45, 2.75) is 18.5 Å². The fourth-order valence-corrected chi connectivity index (χ4v) is 4.02. The van der Waals surface area contributed by atoms with Crippen molar-refractivity contribution < 1.29 is 4.79 Å². The minimum atomic E-state index is -0.0479. The van der Waals surface area contributed by atoms with E-state index in [4.69, 9.17) is 17.3 Å². The van der Waals surface area contributed by atoms with Crippen molar-refractivity contribution in [3.8, 4) is 0 Å². The van der Waals surface area contributed by atoms with E-state index < -0.39 is 0 Å². The van der Waals surface area contributed by atoms with E-state index in [2.05, 4.69) is 29.2 Å². The molecule has 2 atom stereocenters. The van der Waals surface area contributed by atoms with Gasteiger partial charge in [-0.15, -0.1) is 0 Å². The van der Waals surface area contributed by atoms with Crippen molar-refractivity contribution in [3.05, 3.63) is 59.1 Å². The molecule has 5 heteroatoms.